The summed E-state index contributed by atoms with van der Waals surface area (Å²) in [5, 5.41) is 4.58. The molecule has 1 aromatic rings. The van der Waals surface area contributed by atoms with Crippen molar-refractivity contribution in [2.24, 2.45) is 11.8 Å². The van der Waals surface area contributed by atoms with Crippen LogP contribution in [0.3, 0.4) is 0 Å². The average molecular weight is 294 g/mol. The fourth-order valence-electron chi connectivity index (χ4n) is 3.33. The van der Waals surface area contributed by atoms with Crippen LogP contribution in [-0.4, -0.2) is 6.54 Å². The van der Waals surface area contributed by atoms with Gasteiger partial charge in [-0.15, -0.1) is 0 Å². The molecule has 1 N–H and O–H groups in total. The number of rotatable bonds is 6. The van der Waals surface area contributed by atoms with Crippen LogP contribution in [0.4, 0.5) is 0 Å². The number of hydrogen-bond donors (Lipinski definition) is 1. The lowest BCUT2D eigenvalue weighted by molar-refractivity contribution is 0.317. The Morgan fingerprint density at radius 1 is 1.10 bits per heavy atom. The van der Waals surface area contributed by atoms with Crippen molar-refractivity contribution in [3.8, 4) is 0 Å². The van der Waals surface area contributed by atoms with Gasteiger partial charge in [0.15, 0.2) is 0 Å². The monoisotopic (exact) mass is 293 g/mol. The molecular weight excluding hydrogens is 266 g/mol. The van der Waals surface area contributed by atoms with Crippen LogP contribution in [0, 0.1) is 11.8 Å². The van der Waals surface area contributed by atoms with Crippen LogP contribution in [0.2, 0.25) is 5.02 Å². The first-order valence-electron chi connectivity index (χ1n) is 8.15. The highest BCUT2D eigenvalue weighted by atomic mass is 35.5. The smallest absolute Gasteiger partial charge is 0.0406 e. The van der Waals surface area contributed by atoms with Gasteiger partial charge in [0, 0.05) is 11.1 Å². The Labute approximate surface area is 129 Å². The first-order valence-corrected chi connectivity index (χ1v) is 8.53. The Bertz CT molecular complexity index is 379. The maximum Gasteiger partial charge on any atom is 0.0406 e. The van der Waals surface area contributed by atoms with E-state index in [-0.39, 0.29) is 0 Å². The van der Waals surface area contributed by atoms with Crippen LogP contribution < -0.4 is 5.32 Å². The zero-order valence-corrected chi connectivity index (χ0v) is 13.6. The molecule has 112 valence electrons. The van der Waals surface area contributed by atoms with Gasteiger partial charge in [-0.3, -0.25) is 0 Å². The summed E-state index contributed by atoms with van der Waals surface area (Å²) in [7, 11) is 0. The van der Waals surface area contributed by atoms with E-state index in [1.165, 1.54) is 44.1 Å². The molecule has 0 aromatic heterocycles. The lowest BCUT2D eigenvalue weighted by Gasteiger charge is -2.26. The number of benzene rings is 1. The Balaban J connectivity index is 1.84. The second-order valence-electron chi connectivity index (χ2n) is 6.52. The maximum atomic E-state index is 5.98. The van der Waals surface area contributed by atoms with E-state index < -0.39 is 0 Å². The van der Waals surface area contributed by atoms with Crippen molar-refractivity contribution in [3.05, 3.63) is 34.9 Å². The molecule has 1 nitrogen and oxygen atoms in total. The minimum absolute atomic E-state index is 0.441. The fraction of sp³-hybridized carbons (Fsp3) is 0.667. The van der Waals surface area contributed by atoms with Crippen LogP contribution >= 0.6 is 11.6 Å². The van der Waals surface area contributed by atoms with Gasteiger partial charge in [0.1, 0.15) is 0 Å². The fourth-order valence-corrected chi connectivity index (χ4v) is 3.45. The summed E-state index contributed by atoms with van der Waals surface area (Å²) in [6, 6.07) is 8.74. The minimum Gasteiger partial charge on any atom is -0.310 e. The summed E-state index contributed by atoms with van der Waals surface area (Å²) in [4.78, 5) is 0. The standard InChI is InChI=1S/C18H28ClN/c1-14(2)18(16-8-10-17(19)11-9-16)20-13-12-15-6-4-3-5-7-15/h8-11,14-15,18,20H,3-7,12-13H2,1-2H3. The first kappa shape index (κ1) is 15.9. The average Bonchev–Trinajstić information content (AvgIpc) is 2.46. The summed E-state index contributed by atoms with van der Waals surface area (Å²) in [5.74, 6) is 1.55. The second kappa shape index (κ2) is 8.05. The third kappa shape index (κ3) is 4.79. The molecule has 0 spiro atoms. The molecule has 0 saturated heterocycles. The van der Waals surface area contributed by atoms with E-state index in [4.69, 9.17) is 11.6 Å². The molecular formula is C18H28ClN. The lowest BCUT2D eigenvalue weighted by atomic mass is 9.87. The van der Waals surface area contributed by atoms with Crippen molar-refractivity contribution in [2.75, 3.05) is 6.54 Å². The lowest BCUT2D eigenvalue weighted by Crippen LogP contribution is -2.28. The van der Waals surface area contributed by atoms with E-state index in [1.54, 1.807) is 0 Å². The minimum atomic E-state index is 0.441. The van der Waals surface area contributed by atoms with E-state index in [2.05, 4.69) is 31.3 Å². The van der Waals surface area contributed by atoms with Crippen molar-refractivity contribution < 1.29 is 0 Å². The van der Waals surface area contributed by atoms with Gasteiger partial charge in [-0.25, -0.2) is 0 Å². The maximum absolute atomic E-state index is 5.98. The topological polar surface area (TPSA) is 12.0 Å². The molecule has 0 radical (unpaired) electrons. The molecule has 1 unspecified atom stereocenters. The predicted molar refractivity (Wildman–Crippen MR) is 88.2 cm³/mol. The SMILES string of the molecule is CC(C)C(NCCC1CCCCC1)c1ccc(Cl)cc1. The normalized spacial score (nSPS) is 18.4. The second-order valence-corrected chi connectivity index (χ2v) is 6.96. The van der Waals surface area contributed by atoms with Crippen molar-refractivity contribution >= 4 is 11.6 Å². The quantitative estimate of drug-likeness (QED) is 0.720. The van der Waals surface area contributed by atoms with E-state index in [9.17, 15) is 0 Å². The molecule has 1 atom stereocenters. The molecule has 1 aliphatic carbocycles. The van der Waals surface area contributed by atoms with Gasteiger partial charge in [0.2, 0.25) is 0 Å². The predicted octanol–water partition coefficient (Wildman–Crippen LogP) is 5.60. The van der Waals surface area contributed by atoms with Crippen LogP contribution in [-0.2, 0) is 0 Å². The Kier molecular flexibility index (Phi) is 6.38. The number of nitrogens with one attached hydrogen (secondary N) is 1. The zero-order valence-electron chi connectivity index (χ0n) is 12.9. The van der Waals surface area contributed by atoms with E-state index >= 15 is 0 Å². The number of hydrogen-bond acceptors (Lipinski definition) is 1. The molecule has 0 heterocycles. The van der Waals surface area contributed by atoms with Gasteiger partial charge < -0.3 is 5.32 Å². The summed E-state index contributed by atoms with van der Waals surface area (Å²) < 4.78 is 0. The van der Waals surface area contributed by atoms with E-state index in [0.29, 0.717) is 12.0 Å². The zero-order chi connectivity index (χ0) is 14.4. The van der Waals surface area contributed by atoms with Gasteiger partial charge in [-0.2, -0.15) is 0 Å². The summed E-state index contributed by atoms with van der Waals surface area (Å²) in [6.45, 7) is 5.70. The molecule has 1 saturated carbocycles. The van der Waals surface area contributed by atoms with Crippen molar-refractivity contribution in [1.82, 2.24) is 5.32 Å². The van der Waals surface area contributed by atoms with E-state index in [0.717, 1.165) is 17.5 Å². The summed E-state index contributed by atoms with van der Waals surface area (Å²) in [5.41, 5.74) is 1.35. The molecule has 2 rings (SSSR count). The van der Waals surface area contributed by atoms with Gasteiger partial charge in [-0.05, 0) is 42.5 Å². The third-order valence-corrected chi connectivity index (χ3v) is 4.79. The van der Waals surface area contributed by atoms with Crippen molar-refractivity contribution in [1.29, 1.82) is 0 Å². The molecule has 0 bridgehead atoms. The molecule has 1 aromatic carbocycles. The first-order chi connectivity index (χ1) is 9.66. The molecule has 1 aliphatic rings. The highest BCUT2D eigenvalue weighted by Crippen LogP contribution is 2.27. The van der Waals surface area contributed by atoms with Gasteiger partial charge >= 0.3 is 0 Å². The third-order valence-electron chi connectivity index (χ3n) is 4.54. The van der Waals surface area contributed by atoms with Crippen molar-refractivity contribution in [3.63, 3.8) is 0 Å². The molecule has 20 heavy (non-hydrogen) atoms. The largest absolute Gasteiger partial charge is 0.310 e. The highest BCUT2D eigenvalue weighted by Gasteiger charge is 2.17. The highest BCUT2D eigenvalue weighted by molar-refractivity contribution is 6.30. The molecule has 2 heteroatoms. The summed E-state index contributed by atoms with van der Waals surface area (Å²) in [6.07, 6.45) is 8.54. The van der Waals surface area contributed by atoms with Crippen molar-refractivity contribution in [2.45, 2.75) is 58.4 Å². The Hall–Kier alpha value is -0.530. The van der Waals surface area contributed by atoms with Gasteiger partial charge in [0.25, 0.3) is 0 Å². The molecule has 0 amide bonds. The Morgan fingerprint density at radius 2 is 1.75 bits per heavy atom. The van der Waals surface area contributed by atoms with Gasteiger partial charge in [0.05, 0.1) is 0 Å². The molecule has 0 aliphatic heterocycles. The summed E-state index contributed by atoms with van der Waals surface area (Å²) >= 11 is 5.98. The van der Waals surface area contributed by atoms with Crippen LogP contribution in [0.15, 0.2) is 24.3 Å². The van der Waals surface area contributed by atoms with Crippen LogP contribution in [0.1, 0.15) is 64.0 Å². The van der Waals surface area contributed by atoms with E-state index in [1.807, 2.05) is 12.1 Å². The van der Waals surface area contributed by atoms with Gasteiger partial charge in [-0.1, -0.05) is 69.7 Å². The number of halogens is 1. The van der Waals surface area contributed by atoms with Crippen LogP contribution in [0.25, 0.3) is 0 Å². The molecule has 1 fully saturated rings. The Morgan fingerprint density at radius 3 is 2.35 bits per heavy atom. The van der Waals surface area contributed by atoms with Crippen LogP contribution in [0.5, 0.6) is 0 Å².